The summed E-state index contributed by atoms with van der Waals surface area (Å²) in [5.41, 5.74) is 1.33. The number of ether oxygens (including phenoxy) is 1. The maximum atomic E-state index is 12.8. The number of hydrogen-bond acceptors (Lipinski definition) is 5. The van der Waals surface area contributed by atoms with Crippen molar-refractivity contribution >= 4 is 33.6 Å². The van der Waals surface area contributed by atoms with Gasteiger partial charge in [0.2, 0.25) is 21.8 Å². The molecule has 0 saturated carbocycles. The molecule has 2 aromatic rings. The van der Waals surface area contributed by atoms with Crippen LogP contribution in [0.5, 0.6) is 5.75 Å². The second kappa shape index (κ2) is 10.6. The summed E-state index contributed by atoms with van der Waals surface area (Å²) in [5.74, 6) is -0.327. The largest absolute Gasteiger partial charge is 0.495 e. The Bertz CT molecular complexity index is 1120. The molecule has 0 aliphatic carbocycles. The number of benzene rings is 2. The van der Waals surface area contributed by atoms with E-state index in [0.29, 0.717) is 31.6 Å². The predicted octanol–water partition coefficient (Wildman–Crippen LogP) is 2.84. The molecular formula is C24H29N3O5S. The summed E-state index contributed by atoms with van der Waals surface area (Å²) in [5, 5.41) is 2.81. The van der Waals surface area contributed by atoms with Crippen LogP contribution < -0.4 is 10.1 Å². The Balaban J connectivity index is 1.60. The molecule has 0 bridgehead atoms. The van der Waals surface area contributed by atoms with Gasteiger partial charge >= 0.3 is 0 Å². The molecule has 1 fully saturated rings. The number of nitrogens with one attached hydrogen (secondary N) is 1. The number of likely N-dealkylation sites (tertiary alicyclic amines) is 1. The zero-order chi connectivity index (χ0) is 24.0. The van der Waals surface area contributed by atoms with Gasteiger partial charge in [0.25, 0.3) is 0 Å². The zero-order valence-electron chi connectivity index (χ0n) is 19.0. The normalized spacial score (nSPS) is 15.1. The third-order valence-corrected chi connectivity index (χ3v) is 7.42. The fourth-order valence-electron chi connectivity index (χ4n) is 3.60. The van der Waals surface area contributed by atoms with Crippen LogP contribution in [0, 0.1) is 5.92 Å². The summed E-state index contributed by atoms with van der Waals surface area (Å²) in [7, 11) is 0.526. The van der Waals surface area contributed by atoms with Crippen molar-refractivity contribution in [2.75, 3.05) is 39.6 Å². The molecule has 8 nitrogen and oxygen atoms in total. The van der Waals surface area contributed by atoms with E-state index in [2.05, 4.69) is 5.32 Å². The maximum absolute atomic E-state index is 12.8. The zero-order valence-corrected chi connectivity index (χ0v) is 19.8. The van der Waals surface area contributed by atoms with Gasteiger partial charge in [0.05, 0.1) is 7.11 Å². The highest BCUT2D eigenvalue weighted by Crippen LogP contribution is 2.29. The van der Waals surface area contributed by atoms with E-state index in [1.807, 2.05) is 30.3 Å². The van der Waals surface area contributed by atoms with E-state index in [0.717, 1.165) is 9.87 Å². The summed E-state index contributed by atoms with van der Waals surface area (Å²) in [6.07, 6.45) is 4.41. The third kappa shape index (κ3) is 6.00. The van der Waals surface area contributed by atoms with Crippen molar-refractivity contribution in [2.24, 2.45) is 5.92 Å². The van der Waals surface area contributed by atoms with Gasteiger partial charge in [0, 0.05) is 44.9 Å². The molecule has 2 aromatic carbocycles. The van der Waals surface area contributed by atoms with E-state index in [9.17, 15) is 18.0 Å². The van der Waals surface area contributed by atoms with Crippen LogP contribution in [-0.2, 0) is 19.6 Å². The second-order valence-electron chi connectivity index (χ2n) is 7.99. The van der Waals surface area contributed by atoms with E-state index in [-0.39, 0.29) is 28.4 Å². The number of piperidine rings is 1. The molecule has 1 heterocycles. The molecule has 1 aliphatic rings. The van der Waals surface area contributed by atoms with Crippen molar-refractivity contribution in [1.29, 1.82) is 0 Å². The van der Waals surface area contributed by atoms with Crippen LogP contribution >= 0.6 is 0 Å². The van der Waals surface area contributed by atoms with Crippen molar-refractivity contribution in [2.45, 2.75) is 17.7 Å². The minimum absolute atomic E-state index is 0.0154. The van der Waals surface area contributed by atoms with Crippen molar-refractivity contribution in [3.63, 3.8) is 0 Å². The summed E-state index contributed by atoms with van der Waals surface area (Å²) in [6.45, 7) is 0.970. The topological polar surface area (TPSA) is 96.0 Å². The van der Waals surface area contributed by atoms with Crippen LogP contribution in [-0.4, -0.2) is 63.7 Å². The van der Waals surface area contributed by atoms with Gasteiger partial charge in [-0.05, 0) is 42.7 Å². The first-order valence-electron chi connectivity index (χ1n) is 10.7. The molecule has 0 aromatic heterocycles. The van der Waals surface area contributed by atoms with Gasteiger partial charge < -0.3 is 15.0 Å². The molecule has 0 unspecified atom stereocenters. The van der Waals surface area contributed by atoms with Crippen LogP contribution in [0.4, 0.5) is 5.69 Å². The quantitative estimate of drug-likeness (QED) is 0.627. The molecule has 33 heavy (non-hydrogen) atoms. The fourth-order valence-corrected chi connectivity index (χ4v) is 4.67. The van der Waals surface area contributed by atoms with E-state index < -0.39 is 10.0 Å². The Kier molecular flexibility index (Phi) is 7.88. The van der Waals surface area contributed by atoms with Crippen LogP contribution in [0.15, 0.2) is 59.5 Å². The summed E-state index contributed by atoms with van der Waals surface area (Å²) < 4.78 is 31.4. The minimum Gasteiger partial charge on any atom is -0.495 e. The molecule has 0 atom stereocenters. The lowest BCUT2D eigenvalue weighted by atomic mass is 9.95. The first-order chi connectivity index (χ1) is 15.7. The number of anilines is 1. The Labute approximate surface area is 194 Å². The average Bonchev–Trinajstić information content (AvgIpc) is 2.83. The fraction of sp³-hybridized carbons (Fsp3) is 0.333. The van der Waals surface area contributed by atoms with Crippen molar-refractivity contribution < 1.29 is 22.7 Å². The Morgan fingerprint density at radius 3 is 2.36 bits per heavy atom. The molecule has 2 amide bonds. The highest BCUT2D eigenvalue weighted by atomic mass is 32.2. The average molecular weight is 472 g/mol. The van der Waals surface area contributed by atoms with E-state index in [1.54, 1.807) is 23.1 Å². The lowest BCUT2D eigenvalue weighted by Crippen LogP contribution is -2.40. The first-order valence-corrected chi connectivity index (χ1v) is 12.1. The second-order valence-corrected chi connectivity index (χ2v) is 10.1. The standard InChI is InChI=1S/C24H29N3O5S/c1-26(2)33(30,31)22-17-20(10-11-21(22)32-3)25-24(29)19-13-15-27(16-14-19)23(28)12-9-18-7-5-4-6-8-18/h4-12,17,19H,13-16H2,1-3H3,(H,25,29)/b12-9-. The van der Waals surface area contributed by atoms with Crippen LogP contribution in [0.25, 0.3) is 6.08 Å². The summed E-state index contributed by atoms with van der Waals surface area (Å²) in [6, 6.07) is 14.1. The third-order valence-electron chi connectivity index (χ3n) is 5.59. The molecular weight excluding hydrogens is 442 g/mol. The van der Waals surface area contributed by atoms with Gasteiger partial charge in [0.1, 0.15) is 10.6 Å². The van der Waals surface area contributed by atoms with Crippen molar-refractivity contribution in [3.8, 4) is 5.75 Å². The van der Waals surface area contributed by atoms with E-state index in [4.69, 9.17) is 4.74 Å². The molecule has 3 rings (SSSR count). The number of carbonyl (C=O) groups is 2. The Morgan fingerprint density at radius 1 is 1.09 bits per heavy atom. The molecule has 176 valence electrons. The number of hydrogen-bond donors (Lipinski definition) is 1. The van der Waals surface area contributed by atoms with E-state index in [1.165, 1.54) is 33.3 Å². The Morgan fingerprint density at radius 2 is 1.76 bits per heavy atom. The van der Waals surface area contributed by atoms with Crippen LogP contribution in [0.3, 0.4) is 0 Å². The van der Waals surface area contributed by atoms with Gasteiger partial charge in [-0.3, -0.25) is 9.59 Å². The molecule has 1 aliphatic heterocycles. The number of amides is 2. The first kappa shape index (κ1) is 24.5. The van der Waals surface area contributed by atoms with Crippen molar-refractivity contribution in [3.05, 3.63) is 60.2 Å². The number of sulfonamides is 1. The van der Waals surface area contributed by atoms with Gasteiger partial charge in [0.15, 0.2) is 0 Å². The summed E-state index contributed by atoms with van der Waals surface area (Å²) >= 11 is 0. The number of nitrogens with zero attached hydrogens (tertiary/aromatic N) is 2. The predicted molar refractivity (Wildman–Crippen MR) is 127 cm³/mol. The number of methoxy groups -OCH3 is 1. The SMILES string of the molecule is COc1ccc(NC(=O)C2CCN(C(=O)/C=C\c3ccccc3)CC2)cc1S(=O)(=O)N(C)C. The molecule has 0 radical (unpaired) electrons. The monoisotopic (exact) mass is 471 g/mol. The molecule has 1 N–H and O–H groups in total. The molecule has 1 saturated heterocycles. The number of carbonyl (C=O) groups excluding carboxylic acids is 2. The number of rotatable bonds is 7. The van der Waals surface area contributed by atoms with Crippen molar-refractivity contribution in [1.82, 2.24) is 9.21 Å². The lowest BCUT2D eigenvalue weighted by molar-refractivity contribution is -0.130. The van der Waals surface area contributed by atoms with Gasteiger partial charge in [-0.1, -0.05) is 30.3 Å². The van der Waals surface area contributed by atoms with Crippen LogP contribution in [0.2, 0.25) is 0 Å². The van der Waals surface area contributed by atoms with E-state index >= 15 is 0 Å². The Hall–Kier alpha value is -3.17. The molecule has 9 heteroatoms. The van der Waals surface area contributed by atoms with Gasteiger partial charge in [-0.2, -0.15) is 0 Å². The smallest absolute Gasteiger partial charge is 0.246 e. The summed E-state index contributed by atoms with van der Waals surface area (Å²) in [4.78, 5) is 27.0. The lowest BCUT2D eigenvalue weighted by Gasteiger charge is -2.30. The van der Waals surface area contributed by atoms with Gasteiger partial charge in [-0.25, -0.2) is 12.7 Å². The van der Waals surface area contributed by atoms with Gasteiger partial charge in [-0.15, -0.1) is 0 Å². The highest BCUT2D eigenvalue weighted by molar-refractivity contribution is 7.89. The van der Waals surface area contributed by atoms with Crippen LogP contribution in [0.1, 0.15) is 18.4 Å². The maximum Gasteiger partial charge on any atom is 0.246 e. The minimum atomic E-state index is -3.74. The highest BCUT2D eigenvalue weighted by Gasteiger charge is 2.28. The molecule has 0 spiro atoms.